The highest BCUT2D eigenvalue weighted by atomic mass is 16.5. The van der Waals surface area contributed by atoms with E-state index in [4.69, 9.17) is 15.4 Å². The molecule has 0 radical (unpaired) electrons. The van der Waals surface area contributed by atoms with Crippen LogP contribution in [0.25, 0.3) is 16.8 Å². The van der Waals surface area contributed by atoms with Crippen LogP contribution in [0.5, 0.6) is 0 Å². The molecule has 34 heavy (non-hydrogen) atoms. The summed E-state index contributed by atoms with van der Waals surface area (Å²) in [5.74, 6) is 0.997. The lowest BCUT2D eigenvalue weighted by Crippen LogP contribution is -2.34. The predicted molar refractivity (Wildman–Crippen MR) is 135 cm³/mol. The molecule has 182 valence electrons. The van der Waals surface area contributed by atoms with Gasteiger partial charge in [0.05, 0.1) is 31.5 Å². The van der Waals surface area contributed by atoms with E-state index in [9.17, 15) is 4.79 Å². The van der Waals surface area contributed by atoms with Crippen LogP contribution in [0.2, 0.25) is 0 Å². The Kier molecular flexibility index (Phi) is 16.0. The van der Waals surface area contributed by atoms with Gasteiger partial charge in [0, 0.05) is 6.08 Å². The minimum atomic E-state index is -0.315. The molecule has 0 amide bonds. The van der Waals surface area contributed by atoms with Crippen LogP contribution in [-0.4, -0.2) is 23.2 Å². The Morgan fingerprint density at radius 1 is 1.12 bits per heavy atom. The van der Waals surface area contributed by atoms with Gasteiger partial charge in [0.2, 0.25) is 0 Å². The van der Waals surface area contributed by atoms with Crippen molar-refractivity contribution >= 4 is 12.0 Å². The maximum atomic E-state index is 10.9. The zero-order chi connectivity index (χ0) is 24.9. The summed E-state index contributed by atoms with van der Waals surface area (Å²) in [5, 5.41) is 14.9. The number of ether oxygens (including phenoxy) is 1. The molecule has 7 heteroatoms. The van der Waals surface area contributed by atoms with Gasteiger partial charge < -0.3 is 15.1 Å². The van der Waals surface area contributed by atoms with Crippen molar-refractivity contribution in [3.05, 3.63) is 60.8 Å². The van der Waals surface area contributed by atoms with Crippen molar-refractivity contribution < 1.29 is 14.1 Å². The van der Waals surface area contributed by atoms with Crippen LogP contribution in [0.15, 0.2) is 60.4 Å². The number of aromatic nitrogens is 2. The summed E-state index contributed by atoms with van der Waals surface area (Å²) >= 11 is 0. The third-order valence-electron chi connectivity index (χ3n) is 5.40. The van der Waals surface area contributed by atoms with E-state index in [1.54, 1.807) is 0 Å². The Bertz CT molecular complexity index is 924. The Labute approximate surface area is 203 Å². The van der Waals surface area contributed by atoms with Crippen LogP contribution in [-0.2, 0) is 22.6 Å². The average Bonchev–Trinajstić information content (AvgIpc) is 3.28. The van der Waals surface area contributed by atoms with E-state index in [2.05, 4.69) is 70.4 Å². The largest absolute Gasteiger partial charge is 0.463 e. The summed E-state index contributed by atoms with van der Waals surface area (Å²) in [7, 11) is 0. The summed E-state index contributed by atoms with van der Waals surface area (Å²) in [6, 6.07) is 12.0. The number of carbonyl (C=O) groups excluding carboxylic acids is 1. The lowest BCUT2D eigenvalue weighted by atomic mass is 10.1. The van der Waals surface area contributed by atoms with Gasteiger partial charge in [0.25, 0.3) is 5.82 Å². The monoisotopic (exact) mass is 463 g/mol. The average molecular weight is 464 g/mol. The molecule has 0 N–H and O–H groups in total. The number of esters is 1. The molecule has 0 saturated heterocycles. The molecule has 2 aromatic rings. The normalized spacial score (nSPS) is 9.76. The fourth-order valence-electron chi connectivity index (χ4n) is 3.70. The Morgan fingerprint density at radius 2 is 1.74 bits per heavy atom. The fraction of sp³-hybridized carbons (Fsp3) is 0.481. The third kappa shape index (κ3) is 11.9. The number of carbonyl (C=O) groups is 1. The molecule has 0 atom stereocenters. The van der Waals surface area contributed by atoms with Crippen LogP contribution in [0, 0.1) is 11.5 Å². The number of nitrogens with zero attached hydrogens (tertiary/aromatic N) is 5. The van der Waals surface area contributed by atoms with E-state index in [0.29, 0.717) is 6.61 Å². The molecule has 1 aromatic heterocycles. The van der Waals surface area contributed by atoms with Gasteiger partial charge in [-0.05, 0) is 38.3 Å². The zero-order valence-electron chi connectivity index (χ0n) is 20.4. The van der Waals surface area contributed by atoms with Crippen molar-refractivity contribution in [2.24, 2.45) is 4.99 Å². The fourth-order valence-corrected chi connectivity index (χ4v) is 3.70. The van der Waals surface area contributed by atoms with E-state index in [-0.39, 0.29) is 5.97 Å². The first-order valence-corrected chi connectivity index (χ1v) is 12.1. The van der Waals surface area contributed by atoms with Gasteiger partial charge in [-0.2, -0.15) is 5.26 Å². The first kappa shape index (κ1) is 28.5. The molecule has 0 fully saturated rings. The second-order valence-corrected chi connectivity index (χ2v) is 7.83. The summed E-state index contributed by atoms with van der Waals surface area (Å²) in [6.45, 7) is 8.19. The number of hydrogen-bond acceptors (Lipinski definition) is 4. The Balaban J connectivity index is 0.00000104. The van der Waals surface area contributed by atoms with Gasteiger partial charge in [-0.25, -0.2) is 13.9 Å². The molecule has 2 rings (SSSR count). The van der Waals surface area contributed by atoms with Gasteiger partial charge in [-0.15, -0.1) is 6.01 Å². The smallest absolute Gasteiger partial charge is 0.330 e. The van der Waals surface area contributed by atoms with Gasteiger partial charge in [0.1, 0.15) is 12.4 Å². The lowest BCUT2D eigenvalue weighted by molar-refractivity contribution is -0.686. The van der Waals surface area contributed by atoms with E-state index >= 15 is 0 Å². The minimum Gasteiger partial charge on any atom is -0.463 e. The molecule has 0 aliphatic heterocycles. The third-order valence-corrected chi connectivity index (χ3v) is 5.40. The Morgan fingerprint density at radius 3 is 2.26 bits per heavy atom. The summed E-state index contributed by atoms with van der Waals surface area (Å²) < 4.78 is 9.71. The molecule has 0 aliphatic rings. The molecule has 0 spiro atoms. The van der Waals surface area contributed by atoms with Crippen LogP contribution < -0.4 is 4.57 Å². The molecule has 0 unspecified atom stereocenters. The molecule has 0 bridgehead atoms. The second kappa shape index (κ2) is 19.0. The van der Waals surface area contributed by atoms with Crippen LogP contribution >= 0.6 is 0 Å². The van der Waals surface area contributed by atoms with E-state index < -0.39 is 0 Å². The van der Waals surface area contributed by atoms with Gasteiger partial charge in [0.15, 0.2) is 0 Å². The van der Waals surface area contributed by atoms with Crippen LogP contribution in [0.1, 0.15) is 64.7 Å². The molecule has 0 aliphatic carbocycles. The highest BCUT2D eigenvalue weighted by Gasteiger charge is 2.17. The van der Waals surface area contributed by atoms with Crippen LogP contribution in [0.3, 0.4) is 0 Å². The number of aryl methyl sites for hydroxylation is 2. The first-order valence-electron chi connectivity index (χ1n) is 12.1. The molecule has 1 heterocycles. The number of rotatable bonds is 15. The summed E-state index contributed by atoms with van der Waals surface area (Å²) in [6.07, 6.45) is 18.0. The van der Waals surface area contributed by atoms with Crippen molar-refractivity contribution in [2.75, 3.05) is 6.61 Å². The number of hydrogen-bond donors (Lipinski definition) is 0. The minimum absolute atomic E-state index is 0.315. The quantitative estimate of drug-likeness (QED) is 0.0820. The first-order chi connectivity index (χ1) is 16.7. The van der Waals surface area contributed by atoms with Gasteiger partial charge >= 0.3 is 5.97 Å². The topological polar surface area (TPSA) is 93.6 Å². The predicted octanol–water partition coefficient (Wildman–Crippen LogP) is 5.91. The Hall–Kier alpha value is -3.49. The molecular weight excluding hydrogens is 426 g/mol. The van der Waals surface area contributed by atoms with Crippen molar-refractivity contribution in [1.82, 2.24) is 4.57 Å². The van der Waals surface area contributed by atoms with E-state index in [1.165, 1.54) is 74.6 Å². The molecule has 1 aromatic carbocycles. The molecule has 0 saturated carbocycles. The lowest BCUT2D eigenvalue weighted by Gasteiger charge is -2.05. The van der Waals surface area contributed by atoms with Crippen molar-refractivity contribution in [3.8, 4) is 17.6 Å². The van der Waals surface area contributed by atoms with E-state index in [1.807, 2.05) is 0 Å². The van der Waals surface area contributed by atoms with Crippen LogP contribution in [0.4, 0.5) is 0 Å². The highest BCUT2D eigenvalue weighted by Crippen LogP contribution is 2.16. The molecular formula is C27H37N5O2. The standard InChI is InChI=1S/C25H37N2O2.C2N3/c1-3-24(28)29-22-16-11-9-7-5-6-8-10-15-19-27-21-20-26(4-2)25(27)23-17-13-12-14-18-23;3-1-5-2-4/h3,12-14,17-18,20-21H,1,4-11,15-16,19,22H2,2H3;/q+1;-1. The summed E-state index contributed by atoms with van der Waals surface area (Å²) in [4.78, 5) is 13.5. The second-order valence-electron chi connectivity index (χ2n) is 7.83. The number of aliphatic imine (C=N–C) groups is 1. The highest BCUT2D eigenvalue weighted by molar-refractivity contribution is 5.81. The van der Waals surface area contributed by atoms with Crippen molar-refractivity contribution in [1.29, 1.82) is 5.26 Å². The number of benzene rings is 1. The number of unbranched alkanes of at least 4 members (excludes halogenated alkanes) is 8. The maximum absolute atomic E-state index is 10.9. The van der Waals surface area contributed by atoms with E-state index in [0.717, 1.165) is 25.9 Å². The van der Waals surface area contributed by atoms with Crippen molar-refractivity contribution in [3.63, 3.8) is 0 Å². The molecule has 7 nitrogen and oxygen atoms in total. The van der Waals surface area contributed by atoms with Gasteiger partial charge in [-0.1, -0.05) is 63.3 Å². The number of nitriles is 1. The number of imidazole rings is 1. The SMILES string of the molecule is C=CC(=O)OCCCCCCCCCCC[n+]1ccn(CC)c1-c1ccccc1.N#CN=C=[N-]. The zero-order valence-corrected chi connectivity index (χ0v) is 20.4. The maximum Gasteiger partial charge on any atom is 0.330 e. The van der Waals surface area contributed by atoms with Crippen molar-refractivity contribution in [2.45, 2.75) is 77.8 Å². The summed E-state index contributed by atoms with van der Waals surface area (Å²) in [5.41, 5.74) is 1.29. The van der Waals surface area contributed by atoms with Gasteiger partial charge in [-0.3, -0.25) is 0 Å².